The van der Waals surface area contributed by atoms with Crippen LogP contribution in [-0.2, 0) is 0 Å². The van der Waals surface area contributed by atoms with Gasteiger partial charge in [0.2, 0.25) is 0 Å². The van der Waals surface area contributed by atoms with Crippen LogP contribution in [0.5, 0.6) is 0 Å². The Balaban J connectivity index is 1.66. The molecule has 0 radical (unpaired) electrons. The summed E-state index contributed by atoms with van der Waals surface area (Å²) < 4.78 is 14.5. The monoisotopic (exact) mass is 385 g/mol. The van der Waals surface area contributed by atoms with Gasteiger partial charge in [-0.1, -0.05) is 11.6 Å². The van der Waals surface area contributed by atoms with E-state index in [1.165, 1.54) is 28.9 Å². The molecule has 2 aromatic heterocycles. The van der Waals surface area contributed by atoms with E-state index in [9.17, 15) is 14.0 Å². The lowest BCUT2D eigenvalue weighted by Gasteiger charge is -2.06. The number of nitrogens with one attached hydrogen (secondary N) is 3. The number of anilines is 1. The van der Waals surface area contributed by atoms with Gasteiger partial charge in [0.1, 0.15) is 16.5 Å². The lowest BCUT2D eigenvalue weighted by molar-refractivity contribution is 0.102. The highest BCUT2D eigenvalue weighted by Gasteiger charge is 2.21. The minimum absolute atomic E-state index is 0.118. The molecular formula is C18H13ClFN5O2. The molecule has 2 aromatic carbocycles. The number of carbonyl (C=O) groups excluding carboxylic acids is 1. The summed E-state index contributed by atoms with van der Waals surface area (Å²) in [4.78, 5) is 29.3. The van der Waals surface area contributed by atoms with Gasteiger partial charge in [0, 0.05) is 5.69 Å². The molecule has 0 aliphatic carbocycles. The molecule has 4 aromatic rings. The number of carbonyl (C=O) groups is 1. The Kier molecular flexibility index (Phi) is 4.04. The average molecular weight is 386 g/mol. The Morgan fingerprint density at radius 1 is 1.15 bits per heavy atom. The van der Waals surface area contributed by atoms with Crippen LogP contribution in [0.1, 0.15) is 16.1 Å². The molecule has 9 heteroatoms. The highest BCUT2D eigenvalue weighted by atomic mass is 35.5. The van der Waals surface area contributed by atoms with Crippen molar-refractivity contribution in [2.24, 2.45) is 0 Å². The zero-order chi connectivity index (χ0) is 19.1. The highest BCUT2D eigenvalue weighted by molar-refractivity contribution is 6.34. The van der Waals surface area contributed by atoms with Gasteiger partial charge in [-0.2, -0.15) is 5.10 Å². The first-order valence-corrected chi connectivity index (χ1v) is 8.34. The molecule has 0 aliphatic rings. The fourth-order valence-corrected chi connectivity index (χ4v) is 3.17. The number of amides is 1. The van der Waals surface area contributed by atoms with Gasteiger partial charge in [0.15, 0.2) is 0 Å². The zero-order valence-electron chi connectivity index (χ0n) is 14.0. The van der Waals surface area contributed by atoms with E-state index >= 15 is 0 Å². The second-order valence-corrected chi connectivity index (χ2v) is 6.29. The Hall–Kier alpha value is -3.39. The van der Waals surface area contributed by atoms with E-state index < -0.39 is 5.91 Å². The molecule has 7 nitrogen and oxygen atoms in total. The van der Waals surface area contributed by atoms with E-state index in [-0.39, 0.29) is 22.2 Å². The first kappa shape index (κ1) is 17.0. The number of rotatable bonds is 3. The zero-order valence-corrected chi connectivity index (χ0v) is 14.8. The molecule has 2 heterocycles. The van der Waals surface area contributed by atoms with Crippen molar-refractivity contribution < 1.29 is 9.18 Å². The number of aromatic nitrogens is 4. The molecule has 27 heavy (non-hydrogen) atoms. The molecule has 0 atom stereocenters. The summed E-state index contributed by atoms with van der Waals surface area (Å²) in [6, 6.07) is 10.6. The van der Waals surface area contributed by atoms with Gasteiger partial charge < -0.3 is 15.3 Å². The Bertz CT molecular complexity index is 1220. The topological polar surface area (TPSA) is 95.6 Å². The SMILES string of the molecule is Cc1nn(-c2ccc(F)cc2)c(Cl)c1C(=O)Nc1ccc2[nH]c(=O)[nH]c2c1. The van der Waals surface area contributed by atoms with Crippen molar-refractivity contribution in [3.63, 3.8) is 0 Å². The van der Waals surface area contributed by atoms with Gasteiger partial charge in [-0.15, -0.1) is 0 Å². The molecular weight excluding hydrogens is 373 g/mol. The first-order valence-electron chi connectivity index (χ1n) is 7.97. The number of benzene rings is 2. The number of H-pyrrole nitrogens is 2. The number of hydrogen-bond donors (Lipinski definition) is 3. The molecule has 0 bridgehead atoms. The van der Waals surface area contributed by atoms with Gasteiger partial charge in [0.05, 0.1) is 22.4 Å². The predicted molar refractivity (Wildman–Crippen MR) is 100 cm³/mol. The van der Waals surface area contributed by atoms with Crippen LogP contribution in [0.25, 0.3) is 16.7 Å². The molecule has 0 saturated carbocycles. The molecule has 3 N–H and O–H groups in total. The maximum absolute atomic E-state index is 13.1. The van der Waals surface area contributed by atoms with E-state index in [0.717, 1.165) is 0 Å². The molecule has 0 saturated heterocycles. The number of hydrogen-bond acceptors (Lipinski definition) is 3. The number of imidazole rings is 1. The van der Waals surface area contributed by atoms with E-state index in [0.29, 0.717) is 28.1 Å². The van der Waals surface area contributed by atoms with Crippen LogP contribution in [0, 0.1) is 12.7 Å². The summed E-state index contributed by atoms with van der Waals surface area (Å²) in [7, 11) is 0. The first-order chi connectivity index (χ1) is 12.9. The van der Waals surface area contributed by atoms with Crippen molar-refractivity contribution in [2.45, 2.75) is 6.92 Å². The minimum Gasteiger partial charge on any atom is -0.322 e. The van der Waals surface area contributed by atoms with E-state index in [1.54, 1.807) is 25.1 Å². The summed E-state index contributed by atoms with van der Waals surface area (Å²) >= 11 is 6.36. The molecule has 4 rings (SSSR count). The standard InChI is InChI=1S/C18H13ClFN5O2/c1-9-15(16(19)25(24-9)12-5-2-10(20)3-6-12)17(26)21-11-4-7-13-14(8-11)23-18(27)22-13/h2-8H,1H3,(H,21,26)(H2,22,23,27). The number of fused-ring (bicyclic) bond motifs is 1. The third kappa shape index (κ3) is 3.11. The lowest BCUT2D eigenvalue weighted by Crippen LogP contribution is -2.13. The van der Waals surface area contributed by atoms with Crippen molar-refractivity contribution >= 4 is 34.2 Å². The molecule has 0 spiro atoms. The summed E-state index contributed by atoms with van der Waals surface area (Å²) in [5, 5.41) is 7.14. The second-order valence-electron chi connectivity index (χ2n) is 5.93. The van der Waals surface area contributed by atoms with Crippen molar-refractivity contribution in [3.8, 4) is 5.69 Å². The van der Waals surface area contributed by atoms with Crippen molar-refractivity contribution in [1.29, 1.82) is 0 Å². The van der Waals surface area contributed by atoms with E-state index in [1.807, 2.05) is 0 Å². The van der Waals surface area contributed by atoms with Crippen LogP contribution >= 0.6 is 11.6 Å². The largest absolute Gasteiger partial charge is 0.323 e. The Labute approximate surface area is 156 Å². The van der Waals surface area contributed by atoms with Crippen molar-refractivity contribution in [2.75, 3.05) is 5.32 Å². The van der Waals surface area contributed by atoms with Crippen molar-refractivity contribution in [3.05, 3.63) is 75.2 Å². The van der Waals surface area contributed by atoms with Crippen LogP contribution in [0.3, 0.4) is 0 Å². The quantitative estimate of drug-likeness (QED) is 0.504. The third-order valence-corrected chi connectivity index (χ3v) is 4.43. The summed E-state index contributed by atoms with van der Waals surface area (Å²) in [5.74, 6) is -0.821. The molecule has 0 unspecified atom stereocenters. The average Bonchev–Trinajstić information content (AvgIpc) is 3.13. The Morgan fingerprint density at radius 3 is 2.59 bits per heavy atom. The fraction of sp³-hybridized carbons (Fsp3) is 0.0556. The second kappa shape index (κ2) is 6.40. The van der Waals surface area contributed by atoms with Gasteiger partial charge in [0.25, 0.3) is 5.91 Å². The van der Waals surface area contributed by atoms with E-state index in [4.69, 9.17) is 11.6 Å². The highest BCUT2D eigenvalue weighted by Crippen LogP contribution is 2.25. The molecule has 136 valence electrons. The summed E-state index contributed by atoms with van der Waals surface area (Å²) in [6.07, 6.45) is 0. The van der Waals surface area contributed by atoms with Gasteiger partial charge in [-0.25, -0.2) is 13.9 Å². The molecule has 0 aliphatic heterocycles. The summed E-state index contributed by atoms with van der Waals surface area (Å²) in [5.41, 5.74) is 2.55. The smallest absolute Gasteiger partial charge is 0.322 e. The normalized spacial score (nSPS) is 11.1. The summed E-state index contributed by atoms with van der Waals surface area (Å²) in [6.45, 7) is 1.66. The fourth-order valence-electron chi connectivity index (χ4n) is 2.81. The van der Waals surface area contributed by atoms with Gasteiger partial charge in [-0.3, -0.25) is 4.79 Å². The van der Waals surface area contributed by atoms with Crippen LogP contribution in [-0.4, -0.2) is 25.7 Å². The molecule has 0 fully saturated rings. The van der Waals surface area contributed by atoms with Crippen LogP contribution in [0.15, 0.2) is 47.3 Å². The predicted octanol–water partition coefficient (Wildman–Crippen LogP) is 3.40. The number of halogens is 2. The third-order valence-electron chi connectivity index (χ3n) is 4.08. The van der Waals surface area contributed by atoms with Crippen LogP contribution < -0.4 is 11.0 Å². The van der Waals surface area contributed by atoms with Crippen molar-refractivity contribution in [1.82, 2.24) is 19.7 Å². The molecule has 1 amide bonds. The Morgan fingerprint density at radius 2 is 1.85 bits per heavy atom. The van der Waals surface area contributed by atoms with Crippen LogP contribution in [0.2, 0.25) is 5.15 Å². The number of nitrogens with zero attached hydrogens (tertiary/aromatic N) is 2. The van der Waals surface area contributed by atoms with Crippen LogP contribution in [0.4, 0.5) is 10.1 Å². The van der Waals surface area contributed by atoms with Gasteiger partial charge in [-0.05, 0) is 49.4 Å². The number of aromatic amines is 2. The van der Waals surface area contributed by atoms with Gasteiger partial charge >= 0.3 is 5.69 Å². The lowest BCUT2D eigenvalue weighted by atomic mass is 10.2. The van der Waals surface area contributed by atoms with E-state index in [2.05, 4.69) is 20.4 Å². The maximum atomic E-state index is 13.1. The minimum atomic E-state index is -0.442. The maximum Gasteiger partial charge on any atom is 0.323 e. The number of aryl methyl sites for hydroxylation is 1.